The lowest BCUT2D eigenvalue weighted by Gasteiger charge is -2.40. The highest BCUT2D eigenvalue weighted by molar-refractivity contribution is 5.82. The zero-order valence-corrected chi connectivity index (χ0v) is 13.7. The molecule has 2 aromatic rings. The van der Waals surface area contributed by atoms with E-state index in [-0.39, 0.29) is 11.9 Å². The van der Waals surface area contributed by atoms with Gasteiger partial charge in [-0.15, -0.1) is 0 Å². The van der Waals surface area contributed by atoms with E-state index in [1.165, 1.54) is 11.1 Å². The quantitative estimate of drug-likeness (QED) is 0.846. The minimum atomic E-state index is -0.00679. The molecule has 0 radical (unpaired) electrons. The average Bonchev–Trinajstić information content (AvgIpc) is 2.59. The average molecular weight is 308 g/mol. The third-order valence-electron chi connectivity index (χ3n) is 4.53. The lowest BCUT2D eigenvalue weighted by molar-refractivity contribution is -0.143. The van der Waals surface area contributed by atoms with Crippen molar-refractivity contribution in [2.75, 3.05) is 13.1 Å². The number of amides is 1. The maximum atomic E-state index is 12.8. The number of piperazine rings is 1. The molecule has 0 N–H and O–H groups in total. The molecule has 0 aliphatic carbocycles. The van der Waals surface area contributed by atoms with Crippen molar-refractivity contribution in [1.29, 1.82) is 0 Å². The van der Waals surface area contributed by atoms with E-state index < -0.39 is 0 Å². The Labute approximate surface area is 138 Å². The Morgan fingerprint density at radius 2 is 1.43 bits per heavy atom. The van der Waals surface area contributed by atoms with Crippen LogP contribution < -0.4 is 0 Å². The van der Waals surface area contributed by atoms with Crippen LogP contribution in [-0.4, -0.2) is 34.8 Å². The number of carbonyl (C=O) groups is 1. The predicted octanol–water partition coefficient (Wildman–Crippen LogP) is 3.31. The number of benzene rings is 2. The van der Waals surface area contributed by atoms with Gasteiger partial charge >= 0.3 is 0 Å². The van der Waals surface area contributed by atoms with Gasteiger partial charge in [0.25, 0.3) is 0 Å². The zero-order valence-electron chi connectivity index (χ0n) is 13.7. The first-order chi connectivity index (χ1) is 11.3. The van der Waals surface area contributed by atoms with Gasteiger partial charge in [0, 0.05) is 26.2 Å². The highest BCUT2D eigenvalue weighted by atomic mass is 16.2. The van der Waals surface area contributed by atoms with Crippen LogP contribution in [0.25, 0.3) is 0 Å². The third kappa shape index (κ3) is 3.80. The standard InChI is InChI=1S/C20H24N2O/c1-2-19-20(23)22(16-18-11-7-4-8-12-18)14-13-21(19)15-17-9-5-3-6-10-17/h3-12,19H,2,13-16H2,1H3. The third-order valence-corrected chi connectivity index (χ3v) is 4.53. The Bertz CT molecular complexity index is 627. The first kappa shape index (κ1) is 15.8. The summed E-state index contributed by atoms with van der Waals surface area (Å²) >= 11 is 0. The summed E-state index contributed by atoms with van der Waals surface area (Å²) in [7, 11) is 0. The van der Waals surface area contributed by atoms with E-state index in [1.54, 1.807) is 0 Å². The predicted molar refractivity (Wildman–Crippen MR) is 92.8 cm³/mol. The lowest BCUT2D eigenvalue weighted by Crippen LogP contribution is -2.55. The van der Waals surface area contributed by atoms with E-state index in [9.17, 15) is 4.79 Å². The van der Waals surface area contributed by atoms with Gasteiger partial charge in [-0.25, -0.2) is 0 Å². The van der Waals surface area contributed by atoms with Gasteiger partial charge in [0.05, 0.1) is 6.04 Å². The summed E-state index contributed by atoms with van der Waals surface area (Å²) in [5, 5.41) is 0. The molecule has 1 amide bonds. The van der Waals surface area contributed by atoms with Crippen molar-refractivity contribution in [2.24, 2.45) is 0 Å². The highest BCUT2D eigenvalue weighted by Gasteiger charge is 2.33. The second-order valence-electron chi connectivity index (χ2n) is 6.13. The van der Waals surface area contributed by atoms with E-state index >= 15 is 0 Å². The molecule has 0 spiro atoms. The first-order valence-corrected chi connectivity index (χ1v) is 8.38. The molecule has 0 saturated carbocycles. The van der Waals surface area contributed by atoms with E-state index in [0.29, 0.717) is 0 Å². The Balaban J connectivity index is 1.67. The molecule has 23 heavy (non-hydrogen) atoms. The Morgan fingerprint density at radius 1 is 0.870 bits per heavy atom. The fourth-order valence-corrected chi connectivity index (χ4v) is 3.28. The maximum absolute atomic E-state index is 12.8. The van der Waals surface area contributed by atoms with Gasteiger partial charge in [-0.2, -0.15) is 0 Å². The van der Waals surface area contributed by atoms with Gasteiger partial charge in [-0.3, -0.25) is 9.69 Å². The molecule has 1 aliphatic heterocycles. The molecular weight excluding hydrogens is 284 g/mol. The molecule has 1 aliphatic rings. The van der Waals surface area contributed by atoms with Crippen LogP contribution in [0.3, 0.4) is 0 Å². The summed E-state index contributed by atoms with van der Waals surface area (Å²) in [5.74, 6) is 0.263. The van der Waals surface area contributed by atoms with Crippen molar-refractivity contribution in [3.63, 3.8) is 0 Å². The van der Waals surface area contributed by atoms with Crippen molar-refractivity contribution < 1.29 is 4.79 Å². The summed E-state index contributed by atoms with van der Waals surface area (Å²) in [6, 6.07) is 20.7. The molecule has 0 bridgehead atoms. The van der Waals surface area contributed by atoms with Crippen molar-refractivity contribution in [2.45, 2.75) is 32.5 Å². The van der Waals surface area contributed by atoms with Crippen molar-refractivity contribution in [1.82, 2.24) is 9.80 Å². The molecule has 3 heteroatoms. The molecular formula is C20H24N2O. The summed E-state index contributed by atoms with van der Waals surface area (Å²) in [4.78, 5) is 17.2. The molecule has 2 aromatic carbocycles. The number of carbonyl (C=O) groups excluding carboxylic acids is 1. The minimum absolute atomic E-state index is 0.00679. The van der Waals surface area contributed by atoms with Crippen LogP contribution in [0.4, 0.5) is 0 Å². The fourth-order valence-electron chi connectivity index (χ4n) is 3.28. The van der Waals surface area contributed by atoms with Gasteiger partial charge < -0.3 is 4.90 Å². The SMILES string of the molecule is CCC1C(=O)N(Cc2ccccc2)CCN1Cc1ccccc1. The van der Waals surface area contributed by atoms with Crippen LogP contribution in [0.1, 0.15) is 24.5 Å². The molecule has 1 saturated heterocycles. The van der Waals surface area contributed by atoms with Gasteiger partial charge in [0.2, 0.25) is 5.91 Å². The molecule has 1 atom stereocenters. The Kier molecular flexibility index (Phi) is 5.09. The van der Waals surface area contributed by atoms with Gasteiger partial charge in [0.15, 0.2) is 0 Å². The summed E-state index contributed by atoms with van der Waals surface area (Å²) in [6.07, 6.45) is 0.858. The normalized spacial score (nSPS) is 19.1. The van der Waals surface area contributed by atoms with Crippen LogP contribution in [-0.2, 0) is 17.9 Å². The lowest BCUT2D eigenvalue weighted by atomic mass is 10.1. The molecule has 0 aromatic heterocycles. The van der Waals surface area contributed by atoms with Crippen LogP contribution >= 0.6 is 0 Å². The summed E-state index contributed by atoms with van der Waals surface area (Å²) < 4.78 is 0. The smallest absolute Gasteiger partial charge is 0.240 e. The maximum Gasteiger partial charge on any atom is 0.240 e. The highest BCUT2D eigenvalue weighted by Crippen LogP contribution is 2.19. The van der Waals surface area contributed by atoms with Crippen LogP contribution in [0.5, 0.6) is 0 Å². The number of nitrogens with zero attached hydrogens (tertiary/aromatic N) is 2. The molecule has 3 nitrogen and oxygen atoms in total. The zero-order chi connectivity index (χ0) is 16.1. The van der Waals surface area contributed by atoms with Crippen LogP contribution in [0, 0.1) is 0 Å². The molecule has 1 unspecified atom stereocenters. The van der Waals surface area contributed by atoms with Crippen molar-refractivity contribution in [3.8, 4) is 0 Å². The topological polar surface area (TPSA) is 23.6 Å². The summed E-state index contributed by atoms with van der Waals surface area (Å²) in [6.45, 7) is 5.41. The van der Waals surface area contributed by atoms with Gasteiger partial charge in [-0.1, -0.05) is 67.6 Å². The first-order valence-electron chi connectivity index (χ1n) is 8.38. The molecule has 1 fully saturated rings. The van der Waals surface area contributed by atoms with E-state index in [4.69, 9.17) is 0 Å². The van der Waals surface area contributed by atoms with E-state index in [0.717, 1.165) is 32.6 Å². The second kappa shape index (κ2) is 7.42. The number of rotatable bonds is 5. The molecule has 1 heterocycles. The van der Waals surface area contributed by atoms with Gasteiger partial charge in [0.1, 0.15) is 0 Å². The van der Waals surface area contributed by atoms with Crippen molar-refractivity contribution >= 4 is 5.91 Å². The Morgan fingerprint density at radius 3 is 2.00 bits per heavy atom. The minimum Gasteiger partial charge on any atom is -0.336 e. The Hall–Kier alpha value is -2.13. The number of hydrogen-bond donors (Lipinski definition) is 0. The second-order valence-corrected chi connectivity index (χ2v) is 6.13. The monoisotopic (exact) mass is 308 g/mol. The van der Waals surface area contributed by atoms with E-state index in [1.807, 2.05) is 29.2 Å². The van der Waals surface area contributed by atoms with E-state index in [2.05, 4.69) is 48.2 Å². The molecule has 3 rings (SSSR count). The van der Waals surface area contributed by atoms with Crippen LogP contribution in [0.2, 0.25) is 0 Å². The van der Waals surface area contributed by atoms with Crippen molar-refractivity contribution in [3.05, 3.63) is 71.8 Å². The number of hydrogen-bond acceptors (Lipinski definition) is 2. The van der Waals surface area contributed by atoms with Gasteiger partial charge in [-0.05, 0) is 17.5 Å². The summed E-state index contributed by atoms with van der Waals surface area (Å²) in [5.41, 5.74) is 2.47. The largest absolute Gasteiger partial charge is 0.336 e. The molecule has 120 valence electrons. The fraction of sp³-hybridized carbons (Fsp3) is 0.350. The van der Waals surface area contributed by atoms with Crippen LogP contribution in [0.15, 0.2) is 60.7 Å².